The van der Waals surface area contributed by atoms with Crippen molar-refractivity contribution in [3.63, 3.8) is 0 Å². The monoisotopic (exact) mass is 271 g/mol. The quantitative estimate of drug-likeness (QED) is 0.648. The Morgan fingerprint density at radius 2 is 1.39 bits per heavy atom. The Labute approximate surface area is 99.6 Å². The van der Waals surface area contributed by atoms with E-state index in [-0.39, 0.29) is 6.07 Å². The van der Waals surface area contributed by atoms with Crippen LogP contribution in [0.5, 0.6) is 0 Å². The minimum Gasteiger partial charge on any atom is -0.319 e. The van der Waals surface area contributed by atoms with E-state index in [4.69, 9.17) is 5.73 Å². The molecule has 0 aliphatic heterocycles. The van der Waals surface area contributed by atoms with E-state index in [0.717, 1.165) is 13.8 Å². The first-order valence-electron chi connectivity index (χ1n) is 4.95. The third kappa shape index (κ3) is 2.60. The molecular weight excluding hydrogens is 260 g/mol. The van der Waals surface area contributed by atoms with Gasteiger partial charge in [0.15, 0.2) is 11.6 Å². The Kier molecular flexibility index (Phi) is 3.67. The van der Waals surface area contributed by atoms with E-state index in [0.29, 0.717) is 6.07 Å². The molecule has 0 heterocycles. The number of hydrogen-bond donors (Lipinski definition) is 1. The lowest BCUT2D eigenvalue weighted by atomic mass is 9.77. The Balaban J connectivity index is 3.32. The summed E-state index contributed by atoms with van der Waals surface area (Å²) in [6.07, 6.45) is -4.78. The van der Waals surface area contributed by atoms with Gasteiger partial charge in [0.2, 0.25) is 0 Å². The lowest BCUT2D eigenvalue weighted by Gasteiger charge is -2.33. The molecule has 0 aromatic heterocycles. The number of halogens is 6. The maximum atomic E-state index is 13.4. The van der Waals surface area contributed by atoms with Gasteiger partial charge in [-0.2, -0.15) is 13.2 Å². The molecule has 0 fully saturated rings. The summed E-state index contributed by atoms with van der Waals surface area (Å²) in [7, 11) is 0. The first kappa shape index (κ1) is 14.8. The predicted molar refractivity (Wildman–Crippen MR) is 53.4 cm³/mol. The lowest BCUT2D eigenvalue weighted by molar-refractivity contribution is -0.160. The van der Waals surface area contributed by atoms with Crippen LogP contribution in [0, 0.1) is 17.5 Å². The van der Waals surface area contributed by atoms with E-state index in [9.17, 15) is 26.3 Å². The highest BCUT2D eigenvalue weighted by atomic mass is 19.4. The summed E-state index contributed by atoms with van der Waals surface area (Å²) < 4.78 is 76.7. The molecule has 0 spiro atoms. The van der Waals surface area contributed by atoms with Crippen LogP contribution in [0.3, 0.4) is 0 Å². The lowest BCUT2D eigenvalue weighted by Crippen LogP contribution is -2.51. The SMILES string of the molecule is CC(C)(c1cc(F)c(F)cc1F)C(N)C(F)(F)F. The van der Waals surface area contributed by atoms with Crippen LogP contribution in [0.2, 0.25) is 0 Å². The Bertz CT molecular complexity index is 452. The van der Waals surface area contributed by atoms with Crippen LogP contribution in [-0.2, 0) is 5.41 Å². The summed E-state index contributed by atoms with van der Waals surface area (Å²) in [5.41, 5.74) is 2.47. The van der Waals surface area contributed by atoms with Crippen LogP contribution < -0.4 is 5.73 Å². The van der Waals surface area contributed by atoms with Crippen molar-refractivity contribution in [2.75, 3.05) is 0 Å². The van der Waals surface area contributed by atoms with E-state index in [1.165, 1.54) is 0 Å². The van der Waals surface area contributed by atoms with Gasteiger partial charge in [-0.15, -0.1) is 0 Å². The first-order valence-corrected chi connectivity index (χ1v) is 4.95. The van der Waals surface area contributed by atoms with E-state index in [2.05, 4.69) is 0 Å². The fourth-order valence-electron chi connectivity index (χ4n) is 1.59. The Morgan fingerprint density at radius 3 is 1.83 bits per heavy atom. The second kappa shape index (κ2) is 4.46. The number of benzene rings is 1. The summed E-state index contributed by atoms with van der Waals surface area (Å²) in [5, 5.41) is 0. The average Bonchev–Trinajstić information content (AvgIpc) is 2.20. The Morgan fingerprint density at radius 1 is 0.944 bits per heavy atom. The molecule has 102 valence electrons. The zero-order valence-electron chi connectivity index (χ0n) is 9.58. The second-order valence-electron chi connectivity index (χ2n) is 4.49. The van der Waals surface area contributed by atoms with E-state index >= 15 is 0 Å². The molecule has 0 amide bonds. The largest absolute Gasteiger partial charge is 0.404 e. The summed E-state index contributed by atoms with van der Waals surface area (Å²) in [5.74, 6) is -4.15. The molecule has 0 bridgehead atoms. The molecule has 2 N–H and O–H groups in total. The molecule has 1 aromatic carbocycles. The van der Waals surface area contributed by atoms with Crippen LogP contribution in [-0.4, -0.2) is 12.2 Å². The minimum absolute atomic E-state index is 0.204. The van der Waals surface area contributed by atoms with E-state index in [1.807, 2.05) is 0 Å². The van der Waals surface area contributed by atoms with Crippen molar-refractivity contribution in [1.29, 1.82) is 0 Å². The smallest absolute Gasteiger partial charge is 0.319 e. The summed E-state index contributed by atoms with van der Waals surface area (Å²) in [6.45, 7) is 2.03. The molecule has 0 saturated carbocycles. The van der Waals surface area contributed by atoms with Gasteiger partial charge >= 0.3 is 6.18 Å². The van der Waals surface area contributed by atoms with Gasteiger partial charge in [-0.1, -0.05) is 13.8 Å². The molecule has 18 heavy (non-hydrogen) atoms. The van der Waals surface area contributed by atoms with Crippen molar-refractivity contribution in [3.05, 3.63) is 35.1 Å². The van der Waals surface area contributed by atoms with Gasteiger partial charge in [0.1, 0.15) is 11.9 Å². The molecule has 1 unspecified atom stereocenters. The molecule has 0 aliphatic rings. The van der Waals surface area contributed by atoms with Crippen molar-refractivity contribution in [2.45, 2.75) is 31.5 Å². The zero-order valence-corrected chi connectivity index (χ0v) is 9.58. The number of nitrogens with two attached hydrogens (primary N) is 1. The molecular formula is C11H11F6N. The standard InChI is InChI=1S/C11H11F6N/c1-10(2,9(18)11(15,16)17)5-3-7(13)8(14)4-6(5)12/h3-4,9H,18H2,1-2H3. The summed E-state index contributed by atoms with van der Waals surface area (Å²) in [6, 6.07) is -1.80. The molecule has 0 radical (unpaired) electrons. The predicted octanol–water partition coefficient (Wildman–Crippen LogP) is 3.27. The van der Waals surface area contributed by atoms with Gasteiger partial charge in [-0.25, -0.2) is 13.2 Å². The molecule has 0 saturated heterocycles. The fraction of sp³-hybridized carbons (Fsp3) is 0.455. The van der Waals surface area contributed by atoms with Gasteiger partial charge in [0, 0.05) is 11.5 Å². The van der Waals surface area contributed by atoms with Crippen LogP contribution in [0.1, 0.15) is 19.4 Å². The van der Waals surface area contributed by atoms with Crippen LogP contribution >= 0.6 is 0 Å². The topological polar surface area (TPSA) is 26.0 Å². The molecule has 1 atom stereocenters. The fourth-order valence-corrected chi connectivity index (χ4v) is 1.59. The summed E-state index contributed by atoms with van der Waals surface area (Å²) >= 11 is 0. The second-order valence-corrected chi connectivity index (χ2v) is 4.49. The normalized spacial score (nSPS) is 14.7. The molecule has 1 rings (SSSR count). The van der Waals surface area contributed by atoms with E-state index in [1.54, 1.807) is 0 Å². The molecule has 1 nitrogen and oxygen atoms in total. The van der Waals surface area contributed by atoms with Crippen molar-refractivity contribution in [3.8, 4) is 0 Å². The first-order chi connectivity index (χ1) is 7.98. The maximum Gasteiger partial charge on any atom is 0.404 e. The van der Waals surface area contributed by atoms with Crippen molar-refractivity contribution < 1.29 is 26.3 Å². The van der Waals surface area contributed by atoms with Crippen molar-refractivity contribution in [2.24, 2.45) is 5.73 Å². The zero-order chi connectivity index (χ0) is 14.3. The van der Waals surface area contributed by atoms with Gasteiger partial charge < -0.3 is 5.73 Å². The van der Waals surface area contributed by atoms with Crippen LogP contribution in [0.4, 0.5) is 26.3 Å². The summed E-state index contributed by atoms with van der Waals surface area (Å²) in [4.78, 5) is 0. The molecule has 7 heteroatoms. The minimum atomic E-state index is -4.78. The highest BCUT2D eigenvalue weighted by Crippen LogP contribution is 2.36. The number of alkyl halides is 3. The number of hydrogen-bond acceptors (Lipinski definition) is 1. The van der Waals surface area contributed by atoms with Crippen LogP contribution in [0.25, 0.3) is 0 Å². The third-order valence-electron chi connectivity index (χ3n) is 2.83. The van der Waals surface area contributed by atoms with Gasteiger partial charge in [0.05, 0.1) is 0 Å². The van der Waals surface area contributed by atoms with Gasteiger partial charge in [-0.05, 0) is 11.6 Å². The molecule has 1 aromatic rings. The highest BCUT2D eigenvalue weighted by Gasteiger charge is 2.48. The van der Waals surface area contributed by atoms with Crippen molar-refractivity contribution in [1.82, 2.24) is 0 Å². The number of rotatable bonds is 2. The third-order valence-corrected chi connectivity index (χ3v) is 2.83. The molecule has 0 aliphatic carbocycles. The van der Waals surface area contributed by atoms with E-state index < -0.39 is 40.6 Å². The Hall–Kier alpha value is -1.24. The van der Waals surface area contributed by atoms with Crippen LogP contribution in [0.15, 0.2) is 12.1 Å². The maximum absolute atomic E-state index is 13.4. The van der Waals surface area contributed by atoms with Gasteiger partial charge in [-0.3, -0.25) is 0 Å². The van der Waals surface area contributed by atoms with Gasteiger partial charge in [0.25, 0.3) is 0 Å². The highest BCUT2D eigenvalue weighted by molar-refractivity contribution is 5.29. The average molecular weight is 271 g/mol. The van der Waals surface area contributed by atoms with Crippen molar-refractivity contribution >= 4 is 0 Å².